The SMILES string of the molecule is O=C(Nc1ccc(Oc2ccnc3[nH]ccc23)cc1)Nc1ccc2c(CCCF)cccc2c1. The molecule has 34 heavy (non-hydrogen) atoms. The molecule has 0 aliphatic heterocycles. The minimum Gasteiger partial charge on any atom is -0.457 e. The van der Waals surface area contributed by atoms with Crippen LogP contribution < -0.4 is 15.4 Å². The predicted molar refractivity (Wildman–Crippen MR) is 133 cm³/mol. The van der Waals surface area contributed by atoms with E-state index in [-0.39, 0.29) is 12.7 Å². The van der Waals surface area contributed by atoms with Gasteiger partial charge in [0.05, 0.1) is 12.1 Å². The predicted octanol–water partition coefficient (Wildman–Crippen LogP) is 7.05. The quantitative estimate of drug-likeness (QED) is 0.246. The number of nitrogens with zero attached hydrogens (tertiary/aromatic N) is 1. The van der Waals surface area contributed by atoms with Gasteiger partial charge in [0.25, 0.3) is 0 Å². The number of benzene rings is 3. The van der Waals surface area contributed by atoms with Crippen LogP contribution in [0.2, 0.25) is 0 Å². The van der Waals surface area contributed by atoms with Crippen LogP contribution in [0.4, 0.5) is 20.6 Å². The molecule has 0 bridgehead atoms. The first-order chi connectivity index (χ1) is 16.7. The maximum Gasteiger partial charge on any atom is 0.323 e. The van der Waals surface area contributed by atoms with Gasteiger partial charge < -0.3 is 20.4 Å². The summed E-state index contributed by atoms with van der Waals surface area (Å²) in [5.41, 5.74) is 3.19. The van der Waals surface area contributed by atoms with Gasteiger partial charge in [-0.1, -0.05) is 24.3 Å². The Hall–Kier alpha value is -4.39. The number of fused-ring (bicyclic) bond motifs is 2. The summed E-state index contributed by atoms with van der Waals surface area (Å²) < 4.78 is 18.5. The Morgan fingerprint density at radius 1 is 0.941 bits per heavy atom. The second kappa shape index (κ2) is 9.62. The number of anilines is 2. The standard InChI is InChI=1S/C27H23FN4O2/c28-14-2-5-18-3-1-4-19-17-21(8-11-23(18)19)32-27(33)31-20-6-9-22(10-7-20)34-25-13-16-30-26-24(25)12-15-29-26/h1,3-4,6-13,15-17H,2,5,14H2,(H,29,30)(H2,31,32,33). The molecule has 7 heteroatoms. The van der Waals surface area contributed by atoms with Crippen molar-refractivity contribution in [2.24, 2.45) is 0 Å². The Kier molecular flexibility index (Phi) is 6.07. The Bertz CT molecular complexity index is 1450. The molecule has 0 aliphatic rings. The molecule has 6 nitrogen and oxygen atoms in total. The number of aromatic nitrogens is 2. The first-order valence-corrected chi connectivity index (χ1v) is 11.1. The summed E-state index contributed by atoms with van der Waals surface area (Å²) in [5.74, 6) is 1.35. The van der Waals surface area contributed by atoms with Crippen LogP contribution in [-0.4, -0.2) is 22.7 Å². The number of nitrogens with one attached hydrogen (secondary N) is 3. The Balaban J connectivity index is 1.23. The molecule has 3 aromatic carbocycles. The Morgan fingerprint density at radius 3 is 2.62 bits per heavy atom. The van der Waals surface area contributed by atoms with Crippen LogP contribution >= 0.6 is 0 Å². The molecule has 0 saturated carbocycles. The van der Waals surface area contributed by atoms with Crippen LogP contribution in [0, 0.1) is 0 Å². The summed E-state index contributed by atoms with van der Waals surface area (Å²) in [6.07, 6.45) is 4.70. The molecule has 3 N–H and O–H groups in total. The number of carbonyl (C=O) groups is 1. The topological polar surface area (TPSA) is 79.0 Å². The average Bonchev–Trinajstić information content (AvgIpc) is 3.34. The lowest BCUT2D eigenvalue weighted by Crippen LogP contribution is -2.19. The summed E-state index contributed by atoms with van der Waals surface area (Å²) in [5, 5.41) is 8.67. The van der Waals surface area contributed by atoms with Crippen molar-refractivity contribution in [3.63, 3.8) is 0 Å². The largest absolute Gasteiger partial charge is 0.457 e. The first-order valence-electron chi connectivity index (χ1n) is 11.1. The molecule has 0 fully saturated rings. The molecule has 0 radical (unpaired) electrons. The van der Waals surface area contributed by atoms with Crippen molar-refractivity contribution in [3.05, 3.63) is 90.8 Å². The average molecular weight is 455 g/mol. The second-order valence-corrected chi connectivity index (χ2v) is 7.90. The van der Waals surface area contributed by atoms with Gasteiger partial charge in [-0.25, -0.2) is 9.78 Å². The van der Waals surface area contributed by atoms with Crippen molar-refractivity contribution in [1.82, 2.24) is 9.97 Å². The zero-order chi connectivity index (χ0) is 23.3. The fourth-order valence-corrected chi connectivity index (χ4v) is 3.96. The molecule has 2 heterocycles. The van der Waals surface area contributed by atoms with Crippen molar-refractivity contribution in [1.29, 1.82) is 0 Å². The minimum atomic E-state index is -0.343. The fourth-order valence-electron chi connectivity index (χ4n) is 3.96. The van der Waals surface area contributed by atoms with Gasteiger partial charge in [0.2, 0.25) is 0 Å². The number of carbonyl (C=O) groups excluding carboxylic acids is 1. The normalized spacial score (nSPS) is 11.0. The third-order valence-electron chi connectivity index (χ3n) is 5.57. The third-order valence-corrected chi connectivity index (χ3v) is 5.57. The van der Waals surface area contributed by atoms with Crippen LogP contribution in [0.3, 0.4) is 0 Å². The monoisotopic (exact) mass is 454 g/mol. The van der Waals surface area contributed by atoms with Gasteiger partial charge in [0.15, 0.2) is 0 Å². The molecule has 0 atom stereocenters. The van der Waals surface area contributed by atoms with Crippen molar-refractivity contribution < 1.29 is 13.9 Å². The molecule has 0 unspecified atom stereocenters. The summed E-state index contributed by atoms with van der Waals surface area (Å²) in [6.45, 7) is -0.330. The molecule has 5 aromatic rings. The number of hydrogen-bond acceptors (Lipinski definition) is 3. The molecule has 0 saturated heterocycles. The molecular weight excluding hydrogens is 431 g/mol. The lowest BCUT2D eigenvalue weighted by molar-refractivity contribution is 0.262. The van der Waals surface area contributed by atoms with Crippen molar-refractivity contribution >= 4 is 39.2 Å². The number of rotatable bonds is 7. The van der Waals surface area contributed by atoms with E-state index >= 15 is 0 Å². The van der Waals surface area contributed by atoms with Crippen LogP contribution in [-0.2, 0) is 6.42 Å². The van der Waals surface area contributed by atoms with Crippen molar-refractivity contribution in [2.75, 3.05) is 17.3 Å². The number of halogens is 1. The number of pyridine rings is 1. The van der Waals surface area contributed by atoms with E-state index in [0.717, 1.165) is 27.4 Å². The van der Waals surface area contributed by atoms with Crippen LogP contribution in [0.25, 0.3) is 21.8 Å². The van der Waals surface area contributed by atoms with E-state index in [4.69, 9.17) is 4.74 Å². The highest BCUT2D eigenvalue weighted by Gasteiger charge is 2.08. The van der Waals surface area contributed by atoms with Gasteiger partial charge >= 0.3 is 6.03 Å². The number of aromatic amines is 1. The van der Waals surface area contributed by atoms with Crippen LogP contribution in [0.5, 0.6) is 11.5 Å². The highest BCUT2D eigenvalue weighted by Crippen LogP contribution is 2.29. The number of aryl methyl sites for hydroxylation is 1. The molecule has 0 aliphatic carbocycles. The Labute approximate surface area is 195 Å². The molecule has 0 spiro atoms. The van der Waals surface area contributed by atoms with Gasteiger partial charge in [0, 0.05) is 23.8 Å². The maximum atomic E-state index is 12.6. The Morgan fingerprint density at radius 2 is 1.76 bits per heavy atom. The van der Waals surface area contributed by atoms with Gasteiger partial charge in [-0.3, -0.25) is 4.39 Å². The summed E-state index contributed by atoms with van der Waals surface area (Å²) in [4.78, 5) is 19.8. The van der Waals surface area contributed by atoms with E-state index in [0.29, 0.717) is 35.7 Å². The molecule has 2 amide bonds. The van der Waals surface area contributed by atoms with E-state index in [1.165, 1.54) is 0 Å². The van der Waals surface area contributed by atoms with E-state index in [9.17, 15) is 9.18 Å². The molecule has 170 valence electrons. The number of alkyl halides is 1. The fraction of sp³-hybridized carbons (Fsp3) is 0.111. The van der Waals surface area contributed by atoms with Gasteiger partial charge in [-0.15, -0.1) is 0 Å². The first kappa shape index (κ1) is 21.5. The smallest absolute Gasteiger partial charge is 0.323 e. The highest BCUT2D eigenvalue weighted by atomic mass is 19.1. The zero-order valence-electron chi connectivity index (χ0n) is 18.3. The minimum absolute atomic E-state index is 0.330. The van der Waals surface area contributed by atoms with E-state index in [2.05, 4.69) is 20.6 Å². The summed E-state index contributed by atoms with van der Waals surface area (Å²) in [6, 6.07) is 22.2. The molecular formula is C27H23FN4O2. The highest BCUT2D eigenvalue weighted by molar-refractivity contribution is 6.01. The number of H-pyrrole nitrogens is 1. The summed E-state index contributed by atoms with van der Waals surface area (Å²) >= 11 is 0. The number of amides is 2. The van der Waals surface area contributed by atoms with Gasteiger partial charge in [-0.05, 0) is 77.7 Å². The van der Waals surface area contributed by atoms with Crippen LogP contribution in [0.15, 0.2) is 85.2 Å². The number of ether oxygens (including phenoxy) is 1. The van der Waals surface area contributed by atoms with Gasteiger partial charge in [-0.2, -0.15) is 0 Å². The molecule has 5 rings (SSSR count). The lowest BCUT2D eigenvalue weighted by atomic mass is 10.0. The number of urea groups is 1. The third kappa shape index (κ3) is 4.68. The zero-order valence-corrected chi connectivity index (χ0v) is 18.3. The van der Waals surface area contributed by atoms with E-state index < -0.39 is 0 Å². The van der Waals surface area contributed by atoms with Gasteiger partial charge in [0.1, 0.15) is 17.1 Å². The lowest BCUT2D eigenvalue weighted by Gasteiger charge is -2.11. The van der Waals surface area contributed by atoms with Crippen molar-refractivity contribution in [2.45, 2.75) is 12.8 Å². The number of hydrogen-bond donors (Lipinski definition) is 3. The molecule has 2 aromatic heterocycles. The summed E-state index contributed by atoms with van der Waals surface area (Å²) in [7, 11) is 0. The van der Waals surface area contributed by atoms with Crippen LogP contribution in [0.1, 0.15) is 12.0 Å². The van der Waals surface area contributed by atoms with E-state index in [1.807, 2.05) is 54.7 Å². The second-order valence-electron chi connectivity index (χ2n) is 7.90. The van der Waals surface area contributed by atoms with Crippen molar-refractivity contribution in [3.8, 4) is 11.5 Å². The maximum absolute atomic E-state index is 12.6. The van der Waals surface area contributed by atoms with E-state index in [1.54, 1.807) is 30.5 Å².